The molecule has 0 radical (unpaired) electrons. The van der Waals surface area contributed by atoms with Gasteiger partial charge in [0.25, 0.3) is 5.91 Å². The van der Waals surface area contributed by atoms with E-state index in [1.807, 2.05) is 36.6 Å². The first kappa shape index (κ1) is 22.0. The summed E-state index contributed by atoms with van der Waals surface area (Å²) >= 11 is 8.65. The Hall–Kier alpha value is -3.21. The molecule has 3 heterocycles. The van der Waals surface area contributed by atoms with Gasteiger partial charge in [-0.2, -0.15) is 5.10 Å². The van der Waals surface area contributed by atoms with E-state index in [2.05, 4.69) is 15.7 Å². The molecule has 0 saturated heterocycles. The molecular formula is C21H17ClN4O4S2. The fourth-order valence-corrected chi connectivity index (χ4v) is 4.74. The third kappa shape index (κ3) is 4.98. The second kappa shape index (κ2) is 9.51. The van der Waals surface area contributed by atoms with Crippen molar-refractivity contribution in [3.05, 3.63) is 68.3 Å². The van der Waals surface area contributed by atoms with E-state index >= 15 is 0 Å². The van der Waals surface area contributed by atoms with Crippen LogP contribution in [0.3, 0.4) is 0 Å². The van der Waals surface area contributed by atoms with Gasteiger partial charge in [0, 0.05) is 15.3 Å². The molecule has 2 N–H and O–H groups in total. The Balaban J connectivity index is 1.36. The number of hydrogen-bond donors (Lipinski definition) is 2. The van der Waals surface area contributed by atoms with Crippen LogP contribution >= 0.6 is 34.3 Å². The minimum Gasteiger partial charge on any atom is -0.451 e. The number of rotatable bonds is 6. The van der Waals surface area contributed by atoms with Crippen molar-refractivity contribution < 1.29 is 19.1 Å². The maximum Gasteiger partial charge on any atom is 0.348 e. The predicted molar refractivity (Wildman–Crippen MR) is 124 cm³/mol. The maximum atomic E-state index is 12.4. The lowest BCUT2D eigenvalue weighted by atomic mass is 10.3. The highest BCUT2D eigenvalue weighted by Gasteiger charge is 2.19. The van der Waals surface area contributed by atoms with Gasteiger partial charge in [0.2, 0.25) is 0 Å². The van der Waals surface area contributed by atoms with Crippen LogP contribution in [0.1, 0.15) is 20.2 Å². The Morgan fingerprint density at radius 1 is 1.19 bits per heavy atom. The van der Waals surface area contributed by atoms with Crippen molar-refractivity contribution in [2.45, 2.75) is 13.5 Å². The molecule has 0 unspecified atom stereocenters. The molecular weight excluding hydrogens is 472 g/mol. The monoisotopic (exact) mass is 488 g/mol. The van der Waals surface area contributed by atoms with E-state index in [-0.39, 0.29) is 0 Å². The quantitative estimate of drug-likeness (QED) is 0.394. The highest BCUT2D eigenvalue weighted by molar-refractivity contribution is 7.20. The number of urea groups is 1. The zero-order chi connectivity index (χ0) is 22.7. The Labute approximate surface area is 195 Å². The Morgan fingerprint density at radius 3 is 2.69 bits per heavy atom. The summed E-state index contributed by atoms with van der Waals surface area (Å²) in [5, 5.41) is 12.5. The van der Waals surface area contributed by atoms with Crippen molar-refractivity contribution in [2.75, 3.05) is 6.61 Å². The van der Waals surface area contributed by atoms with Crippen molar-refractivity contribution in [3.8, 4) is 5.69 Å². The van der Waals surface area contributed by atoms with Gasteiger partial charge in [-0.25, -0.2) is 14.3 Å². The number of imide groups is 1. The molecule has 4 rings (SSSR count). The zero-order valence-electron chi connectivity index (χ0n) is 16.8. The van der Waals surface area contributed by atoms with Crippen LogP contribution in [-0.2, 0) is 16.1 Å². The number of fused-ring (bicyclic) bond motifs is 1. The number of hydrogen-bond acceptors (Lipinski definition) is 7. The average molecular weight is 489 g/mol. The molecule has 11 heteroatoms. The summed E-state index contributed by atoms with van der Waals surface area (Å²) in [6, 6.07) is 12.0. The molecule has 0 aliphatic carbocycles. The Kier molecular flexibility index (Phi) is 6.54. The Bertz CT molecular complexity index is 1280. The van der Waals surface area contributed by atoms with Gasteiger partial charge in [-0.1, -0.05) is 17.7 Å². The number of benzene rings is 1. The smallest absolute Gasteiger partial charge is 0.348 e. The van der Waals surface area contributed by atoms with Crippen molar-refractivity contribution in [2.24, 2.45) is 0 Å². The van der Waals surface area contributed by atoms with Crippen LogP contribution in [0.5, 0.6) is 0 Å². The van der Waals surface area contributed by atoms with E-state index in [9.17, 15) is 14.4 Å². The first-order chi connectivity index (χ1) is 15.4. The molecule has 3 aromatic heterocycles. The van der Waals surface area contributed by atoms with Crippen molar-refractivity contribution in [3.63, 3.8) is 0 Å². The number of esters is 1. The summed E-state index contributed by atoms with van der Waals surface area (Å²) in [5.41, 5.74) is 1.56. The van der Waals surface area contributed by atoms with E-state index in [0.29, 0.717) is 16.4 Å². The molecule has 164 valence electrons. The standard InChI is InChI=1S/C21H17ClN4O4S2/c1-12-16-9-17(32-19(16)26(25-12)14-6-4-13(22)5-7-14)20(28)30-11-18(27)24-21(29)23-10-15-3-2-8-31-15/h2-9H,10-11H2,1H3,(H2,23,24,27,29). The number of thiophene rings is 2. The SMILES string of the molecule is Cc1nn(-c2ccc(Cl)cc2)c2sc(C(=O)OCC(=O)NC(=O)NCc3cccs3)cc12. The van der Waals surface area contributed by atoms with Gasteiger partial charge in [-0.15, -0.1) is 22.7 Å². The number of nitrogens with zero attached hydrogens (tertiary/aromatic N) is 2. The topological polar surface area (TPSA) is 102 Å². The average Bonchev–Trinajstić information content (AvgIpc) is 3.50. The molecule has 32 heavy (non-hydrogen) atoms. The van der Waals surface area contributed by atoms with Crippen LogP contribution in [0.25, 0.3) is 15.9 Å². The molecule has 0 fully saturated rings. The molecule has 0 spiro atoms. The van der Waals surface area contributed by atoms with E-state index in [1.54, 1.807) is 22.9 Å². The largest absolute Gasteiger partial charge is 0.451 e. The predicted octanol–water partition coefficient (Wildman–Crippen LogP) is 4.29. The van der Waals surface area contributed by atoms with Crippen molar-refractivity contribution in [1.82, 2.24) is 20.4 Å². The summed E-state index contributed by atoms with van der Waals surface area (Å²) < 4.78 is 6.80. The molecule has 3 amide bonds. The van der Waals surface area contributed by atoms with E-state index in [0.717, 1.165) is 26.5 Å². The number of carbonyl (C=O) groups excluding carboxylic acids is 3. The lowest BCUT2D eigenvalue weighted by Gasteiger charge is -2.06. The number of aryl methyl sites for hydroxylation is 1. The second-order valence-electron chi connectivity index (χ2n) is 6.69. The number of amides is 3. The van der Waals surface area contributed by atoms with Crippen LogP contribution in [0.4, 0.5) is 4.79 Å². The van der Waals surface area contributed by atoms with Gasteiger partial charge < -0.3 is 10.1 Å². The van der Waals surface area contributed by atoms with E-state index < -0.39 is 24.5 Å². The van der Waals surface area contributed by atoms with E-state index in [4.69, 9.17) is 16.3 Å². The summed E-state index contributed by atoms with van der Waals surface area (Å²) in [7, 11) is 0. The molecule has 4 aromatic rings. The summed E-state index contributed by atoms with van der Waals surface area (Å²) in [5.74, 6) is -1.37. The first-order valence-corrected chi connectivity index (χ1v) is 11.5. The summed E-state index contributed by atoms with van der Waals surface area (Å²) in [6.07, 6.45) is 0. The van der Waals surface area contributed by atoms with Crippen LogP contribution < -0.4 is 10.6 Å². The van der Waals surface area contributed by atoms with Gasteiger partial charge in [0.15, 0.2) is 6.61 Å². The van der Waals surface area contributed by atoms with Crippen LogP contribution in [-0.4, -0.2) is 34.3 Å². The number of nitrogens with one attached hydrogen (secondary N) is 2. The highest BCUT2D eigenvalue weighted by Crippen LogP contribution is 2.31. The van der Waals surface area contributed by atoms with Crippen LogP contribution in [0.2, 0.25) is 5.02 Å². The molecule has 0 aliphatic rings. The van der Waals surface area contributed by atoms with Crippen LogP contribution in [0.15, 0.2) is 47.8 Å². The summed E-state index contributed by atoms with van der Waals surface area (Å²) in [4.78, 5) is 38.2. The number of ether oxygens (including phenoxy) is 1. The van der Waals surface area contributed by atoms with Gasteiger partial charge in [0.1, 0.15) is 9.71 Å². The fraction of sp³-hybridized carbons (Fsp3) is 0.143. The number of aromatic nitrogens is 2. The lowest BCUT2D eigenvalue weighted by Crippen LogP contribution is -2.41. The molecule has 0 aliphatic heterocycles. The molecule has 0 bridgehead atoms. The second-order valence-corrected chi connectivity index (χ2v) is 9.19. The van der Waals surface area contributed by atoms with Crippen molar-refractivity contribution in [1.29, 1.82) is 0 Å². The first-order valence-electron chi connectivity index (χ1n) is 9.43. The summed E-state index contributed by atoms with van der Waals surface area (Å²) in [6.45, 7) is 1.59. The van der Waals surface area contributed by atoms with Gasteiger partial charge in [-0.05, 0) is 48.7 Å². The maximum absolute atomic E-state index is 12.4. The molecule has 1 aromatic carbocycles. The van der Waals surface area contributed by atoms with Gasteiger partial charge in [0.05, 0.1) is 17.9 Å². The Morgan fingerprint density at radius 2 is 1.97 bits per heavy atom. The highest BCUT2D eigenvalue weighted by atomic mass is 35.5. The third-order valence-corrected chi connectivity index (χ3v) is 6.63. The third-order valence-electron chi connectivity index (χ3n) is 4.41. The fourth-order valence-electron chi connectivity index (χ4n) is 2.89. The minimum absolute atomic E-state index is 0.308. The molecule has 0 saturated carbocycles. The van der Waals surface area contributed by atoms with Crippen molar-refractivity contribution >= 4 is 62.4 Å². The molecule has 8 nitrogen and oxygen atoms in total. The minimum atomic E-state index is -0.716. The van der Waals surface area contributed by atoms with Crippen LogP contribution in [0, 0.1) is 6.92 Å². The van der Waals surface area contributed by atoms with Gasteiger partial charge in [-0.3, -0.25) is 10.1 Å². The number of carbonyl (C=O) groups is 3. The van der Waals surface area contributed by atoms with E-state index in [1.165, 1.54) is 22.7 Å². The molecule has 0 atom stereocenters. The lowest BCUT2D eigenvalue weighted by molar-refractivity contribution is -0.123. The zero-order valence-corrected chi connectivity index (χ0v) is 19.1. The van der Waals surface area contributed by atoms with Gasteiger partial charge >= 0.3 is 12.0 Å². The normalized spacial score (nSPS) is 10.8. The number of halogens is 1.